The van der Waals surface area contributed by atoms with Gasteiger partial charge in [0.2, 0.25) is 0 Å². The van der Waals surface area contributed by atoms with Gasteiger partial charge in [-0.1, -0.05) is 158 Å². The van der Waals surface area contributed by atoms with Crippen molar-refractivity contribution in [2.75, 3.05) is 9.80 Å². The molecule has 0 fully saturated rings. The molecule has 0 spiro atoms. The summed E-state index contributed by atoms with van der Waals surface area (Å²) in [7, 11) is 0. The van der Waals surface area contributed by atoms with Crippen molar-refractivity contribution < 1.29 is 0 Å². The van der Waals surface area contributed by atoms with Gasteiger partial charge in [0.1, 0.15) is 0 Å². The molecule has 2 heteroatoms. The summed E-state index contributed by atoms with van der Waals surface area (Å²) in [6.45, 7) is 0. The number of rotatable bonds is 6. The predicted molar refractivity (Wildman–Crippen MR) is 220 cm³/mol. The van der Waals surface area contributed by atoms with Crippen molar-refractivity contribution in [1.29, 1.82) is 0 Å². The van der Waals surface area contributed by atoms with Crippen LogP contribution < -0.4 is 9.80 Å². The minimum Gasteiger partial charge on any atom is -0.333 e. The van der Waals surface area contributed by atoms with Crippen LogP contribution in [0.2, 0.25) is 0 Å². The predicted octanol–water partition coefficient (Wildman–Crippen LogP) is 13.5. The van der Waals surface area contributed by atoms with Crippen molar-refractivity contribution in [3.05, 3.63) is 212 Å². The van der Waals surface area contributed by atoms with Gasteiger partial charge in [-0.05, 0) is 92.5 Å². The maximum atomic E-state index is 2.50. The van der Waals surface area contributed by atoms with Crippen LogP contribution in [0.4, 0.5) is 28.4 Å². The molecule has 0 bridgehead atoms. The second kappa shape index (κ2) is 12.6. The van der Waals surface area contributed by atoms with Gasteiger partial charge in [-0.15, -0.1) is 0 Å². The van der Waals surface area contributed by atoms with Gasteiger partial charge in [0.05, 0.1) is 11.7 Å². The van der Waals surface area contributed by atoms with Crippen LogP contribution in [-0.2, 0) is 0 Å². The van der Waals surface area contributed by atoms with E-state index in [2.05, 4.69) is 216 Å². The lowest BCUT2D eigenvalue weighted by Crippen LogP contribution is -2.28. The average molecular weight is 665 g/mol. The Morgan fingerprint density at radius 2 is 1.12 bits per heavy atom. The maximum absolute atomic E-state index is 2.50. The van der Waals surface area contributed by atoms with Crippen LogP contribution in [0.15, 0.2) is 206 Å². The molecule has 2 aliphatic rings. The van der Waals surface area contributed by atoms with E-state index in [0.717, 1.165) is 17.1 Å². The van der Waals surface area contributed by atoms with Gasteiger partial charge in [0.15, 0.2) is 0 Å². The third kappa shape index (κ3) is 5.03. The number of fused-ring (bicyclic) bond motifs is 5. The molecule has 8 aromatic carbocycles. The van der Waals surface area contributed by atoms with E-state index < -0.39 is 0 Å². The topological polar surface area (TPSA) is 6.48 Å². The lowest BCUT2D eigenvalue weighted by atomic mass is 9.91. The zero-order valence-corrected chi connectivity index (χ0v) is 28.7. The lowest BCUT2D eigenvalue weighted by Gasteiger charge is -2.31. The Bertz CT molecular complexity index is 2650. The molecule has 8 aromatic rings. The Labute approximate surface area is 304 Å². The minimum atomic E-state index is 0.262. The number of benzene rings is 8. The molecule has 1 heterocycles. The van der Waals surface area contributed by atoms with Crippen LogP contribution in [0.1, 0.15) is 11.5 Å². The molecule has 0 amide bonds. The van der Waals surface area contributed by atoms with E-state index in [1.54, 1.807) is 0 Å². The molecule has 52 heavy (non-hydrogen) atoms. The van der Waals surface area contributed by atoms with Crippen LogP contribution in [0, 0.1) is 0 Å². The lowest BCUT2D eigenvalue weighted by molar-refractivity contribution is 0.745. The van der Waals surface area contributed by atoms with Crippen molar-refractivity contribution in [3.63, 3.8) is 0 Å². The highest BCUT2D eigenvalue weighted by molar-refractivity contribution is 6.10. The molecule has 0 radical (unpaired) electrons. The first kappa shape index (κ1) is 30.2. The summed E-state index contributed by atoms with van der Waals surface area (Å²) in [5.41, 5.74) is 12.1. The van der Waals surface area contributed by atoms with Crippen molar-refractivity contribution in [2.45, 2.75) is 12.0 Å². The SMILES string of the molecule is C1=CC2c3ccccc3N(c3ccc(N(c4cccc(-c5ccccc5)c4)c4ccc(-c5cccc6ccccc56)c5ccccc45)cc3)C2C=C1. The zero-order chi connectivity index (χ0) is 34.4. The maximum Gasteiger partial charge on any atom is 0.0629 e. The van der Waals surface area contributed by atoms with Crippen molar-refractivity contribution >= 4 is 50.0 Å². The summed E-state index contributed by atoms with van der Waals surface area (Å²) in [6, 6.07) is 66.6. The first-order chi connectivity index (χ1) is 25.8. The highest BCUT2D eigenvalue weighted by Crippen LogP contribution is 2.49. The van der Waals surface area contributed by atoms with Crippen molar-refractivity contribution in [3.8, 4) is 22.3 Å². The number of para-hydroxylation sites is 1. The normalized spacial score (nSPS) is 15.9. The first-order valence-electron chi connectivity index (χ1n) is 18.1. The van der Waals surface area contributed by atoms with E-state index in [-0.39, 0.29) is 6.04 Å². The quantitative estimate of drug-likeness (QED) is 0.175. The molecule has 0 saturated heterocycles. The number of nitrogens with zero attached hydrogens (tertiary/aromatic N) is 2. The van der Waals surface area contributed by atoms with E-state index in [0.29, 0.717) is 5.92 Å². The van der Waals surface area contributed by atoms with E-state index >= 15 is 0 Å². The largest absolute Gasteiger partial charge is 0.333 e. The monoisotopic (exact) mass is 664 g/mol. The third-order valence-corrected chi connectivity index (χ3v) is 10.8. The van der Waals surface area contributed by atoms with Crippen molar-refractivity contribution in [2.24, 2.45) is 0 Å². The van der Waals surface area contributed by atoms with Gasteiger partial charge in [-0.3, -0.25) is 0 Å². The molecular formula is C50H36N2. The van der Waals surface area contributed by atoms with Crippen molar-refractivity contribution in [1.82, 2.24) is 0 Å². The molecule has 10 rings (SSSR count). The number of hydrogen-bond acceptors (Lipinski definition) is 2. The van der Waals surface area contributed by atoms with Gasteiger partial charge in [-0.2, -0.15) is 0 Å². The van der Waals surface area contributed by atoms with Crippen LogP contribution in [-0.4, -0.2) is 6.04 Å². The molecule has 246 valence electrons. The van der Waals surface area contributed by atoms with Crippen LogP contribution in [0.3, 0.4) is 0 Å². The summed E-state index contributed by atoms with van der Waals surface area (Å²) in [6.07, 6.45) is 9.04. The number of hydrogen-bond donors (Lipinski definition) is 0. The summed E-state index contributed by atoms with van der Waals surface area (Å²) in [5, 5.41) is 4.95. The summed E-state index contributed by atoms with van der Waals surface area (Å²) in [5.74, 6) is 0.352. The van der Waals surface area contributed by atoms with Crippen LogP contribution in [0.25, 0.3) is 43.8 Å². The van der Waals surface area contributed by atoms with Gasteiger partial charge in [0.25, 0.3) is 0 Å². The highest BCUT2D eigenvalue weighted by Gasteiger charge is 2.37. The fourth-order valence-corrected chi connectivity index (χ4v) is 8.41. The molecule has 2 nitrogen and oxygen atoms in total. The summed E-state index contributed by atoms with van der Waals surface area (Å²) >= 11 is 0. The highest BCUT2D eigenvalue weighted by atomic mass is 15.2. The molecule has 2 unspecified atom stereocenters. The molecule has 1 aliphatic heterocycles. The van der Waals surface area contributed by atoms with E-state index in [9.17, 15) is 0 Å². The smallest absolute Gasteiger partial charge is 0.0629 e. The Kier molecular flexibility index (Phi) is 7.32. The van der Waals surface area contributed by atoms with Crippen LogP contribution in [0.5, 0.6) is 0 Å². The fourth-order valence-electron chi connectivity index (χ4n) is 8.41. The number of allylic oxidation sites excluding steroid dienone is 2. The second-order valence-electron chi connectivity index (χ2n) is 13.7. The van der Waals surface area contributed by atoms with E-state index in [1.807, 2.05) is 0 Å². The molecular weight excluding hydrogens is 629 g/mol. The van der Waals surface area contributed by atoms with Gasteiger partial charge in [-0.25, -0.2) is 0 Å². The molecule has 0 aromatic heterocycles. The zero-order valence-electron chi connectivity index (χ0n) is 28.7. The molecule has 0 saturated carbocycles. The van der Waals surface area contributed by atoms with Crippen LogP contribution >= 0.6 is 0 Å². The Morgan fingerprint density at radius 1 is 0.442 bits per heavy atom. The van der Waals surface area contributed by atoms with E-state index in [4.69, 9.17) is 0 Å². The van der Waals surface area contributed by atoms with Gasteiger partial charge in [0, 0.05) is 34.1 Å². The van der Waals surface area contributed by atoms with E-state index in [1.165, 1.54) is 60.7 Å². The Morgan fingerprint density at radius 3 is 2.00 bits per heavy atom. The Balaban J connectivity index is 1.14. The van der Waals surface area contributed by atoms with Gasteiger partial charge < -0.3 is 9.80 Å². The second-order valence-corrected chi connectivity index (χ2v) is 13.7. The summed E-state index contributed by atoms with van der Waals surface area (Å²) in [4.78, 5) is 4.92. The third-order valence-electron chi connectivity index (χ3n) is 10.8. The molecule has 2 atom stereocenters. The minimum absolute atomic E-state index is 0.262. The average Bonchev–Trinajstić information content (AvgIpc) is 3.56. The molecule has 1 aliphatic carbocycles. The number of anilines is 5. The summed E-state index contributed by atoms with van der Waals surface area (Å²) < 4.78 is 0. The molecule has 0 N–H and O–H groups in total. The first-order valence-corrected chi connectivity index (χ1v) is 18.1. The standard InChI is InChI=1S/C50H36N2/c1-2-14-35(15-3-1)37-18-12-19-40(34-37)51(38-28-30-39(31-29-38)52-48-26-10-8-23-46(48)47-24-9-11-27-49(47)52)50-33-32-44(43-21-6-7-22-45(43)50)42-25-13-17-36-16-4-5-20-41(36)42/h1-34,46,48H. The van der Waals surface area contributed by atoms with Gasteiger partial charge >= 0.3 is 0 Å². The fraction of sp³-hybridized carbons (Fsp3) is 0.0400. The Hall–Kier alpha value is -6.64.